The maximum atomic E-state index is 5.47. The van der Waals surface area contributed by atoms with Crippen LogP contribution in [0.15, 0.2) is 4.52 Å². The van der Waals surface area contributed by atoms with Crippen molar-refractivity contribution in [2.75, 3.05) is 32.7 Å². The van der Waals surface area contributed by atoms with E-state index in [1.54, 1.807) is 0 Å². The number of aromatic nitrogens is 2. The first-order valence-electron chi connectivity index (χ1n) is 7.71. The summed E-state index contributed by atoms with van der Waals surface area (Å²) in [6, 6.07) is 0. The van der Waals surface area contributed by atoms with Crippen molar-refractivity contribution >= 4 is 0 Å². The van der Waals surface area contributed by atoms with E-state index in [1.807, 2.05) is 0 Å². The van der Waals surface area contributed by atoms with Crippen molar-refractivity contribution in [1.29, 1.82) is 0 Å². The zero-order valence-electron chi connectivity index (χ0n) is 12.7. The van der Waals surface area contributed by atoms with E-state index >= 15 is 0 Å². The Morgan fingerprint density at radius 2 is 2.00 bits per heavy atom. The highest BCUT2D eigenvalue weighted by Crippen LogP contribution is 2.19. The van der Waals surface area contributed by atoms with Crippen LogP contribution in [0, 0.1) is 5.92 Å². The van der Waals surface area contributed by atoms with Gasteiger partial charge in [-0.1, -0.05) is 19.0 Å². The van der Waals surface area contributed by atoms with E-state index in [4.69, 9.17) is 10.3 Å². The molecule has 1 aliphatic heterocycles. The third kappa shape index (κ3) is 4.26. The maximum absolute atomic E-state index is 5.47. The van der Waals surface area contributed by atoms with E-state index in [2.05, 4.69) is 33.8 Å². The van der Waals surface area contributed by atoms with Crippen LogP contribution < -0.4 is 5.73 Å². The van der Waals surface area contributed by atoms with Crippen molar-refractivity contribution in [3.05, 3.63) is 11.7 Å². The topological polar surface area (TPSA) is 71.4 Å². The van der Waals surface area contributed by atoms with E-state index in [-0.39, 0.29) is 0 Å². The highest BCUT2D eigenvalue weighted by molar-refractivity contribution is 4.87. The van der Waals surface area contributed by atoms with Crippen LogP contribution in [0.1, 0.15) is 38.4 Å². The Bertz CT molecular complexity index is 383. The predicted molar refractivity (Wildman–Crippen MR) is 78.0 cm³/mol. The number of hydrogen-bond donors (Lipinski definition) is 1. The molecule has 1 fully saturated rings. The third-order valence-corrected chi connectivity index (χ3v) is 4.17. The first kappa shape index (κ1) is 15.4. The van der Waals surface area contributed by atoms with Gasteiger partial charge >= 0.3 is 0 Å². The minimum atomic E-state index is 0.318. The third-order valence-electron chi connectivity index (χ3n) is 4.17. The van der Waals surface area contributed by atoms with Crippen molar-refractivity contribution in [1.82, 2.24) is 19.9 Å². The Kier molecular flexibility index (Phi) is 5.94. The Hall–Kier alpha value is -0.980. The number of hydrogen-bond acceptors (Lipinski definition) is 6. The standard InChI is InChI=1S/C14H27N5O/c1-3-18(4-2)10-12-5-7-19(8-6-12)11-13-16-14(9-15)20-17-13/h12H,3-11,15H2,1-2H3. The molecule has 2 N–H and O–H groups in total. The molecule has 20 heavy (non-hydrogen) atoms. The van der Waals surface area contributed by atoms with Crippen LogP contribution in [-0.2, 0) is 13.1 Å². The van der Waals surface area contributed by atoms with Gasteiger partial charge in [0.1, 0.15) is 0 Å². The molecule has 0 radical (unpaired) electrons. The van der Waals surface area contributed by atoms with Gasteiger partial charge < -0.3 is 15.2 Å². The van der Waals surface area contributed by atoms with Crippen molar-refractivity contribution in [2.24, 2.45) is 11.7 Å². The van der Waals surface area contributed by atoms with E-state index in [9.17, 15) is 0 Å². The molecule has 0 bridgehead atoms. The molecular formula is C14H27N5O. The fraction of sp³-hybridized carbons (Fsp3) is 0.857. The quantitative estimate of drug-likeness (QED) is 0.806. The van der Waals surface area contributed by atoms with Crippen molar-refractivity contribution < 1.29 is 4.52 Å². The Balaban J connectivity index is 1.73. The summed E-state index contributed by atoms with van der Waals surface area (Å²) >= 11 is 0. The highest BCUT2D eigenvalue weighted by Gasteiger charge is 2.21. The van der Waals surface area contributed by atoms with E-state index in [0.29, 0.717) is 12.4 Å². The smallest absolute Gasteiger partial charge is 0.240 e. The molecule has 0 unspecified atom stereocenters. The summed E-state index contributed by atoms with van der Waals surface area (Å²) in [5.41, 5.74) is 5.47. The summed E-state index contributed by atoms with van der Waals surface area (Å²) in [7, 11) is 0. The number of likely N-dealkylation sites (tertiary alicyclic amines) is 1. The summed E-state index contributed by atoms with van der Waals surface area (Å²) in [6.07, 6.45) is 2.52. The molecule has 0 atom stereocenters. The second-order valence-electron chi connectivity index (χ2n) is 5.51. The monoisotopic (exact) mass is 281 g/mol. The van der Waals surface area contributed by atoms with Gasteiger partial charge in [-0.25, -0.2) is 0 Å². The van der Waals surface area contributed by atoms with Crippen LogP contribution in [0.2, 0.25) is 0 Å². The molecular weight excluding hydrogens is 254 g/mol. The van der Waals surface area contributed by atoms with Gasteiger partial charge in [-0.15, -0.1) is 0 Å². The lowest BCUT2D eigenvalue weighted by Crippen LogP contribution is -2.38. The van der Waals surface area contributed by atoms with Gasteiger partial charge in [0.25, 0.3) is 0 Å². The number of nitrogens with two attached hydrogens (primary N) is 1. The normalized spacial score (nSPS) is 18.0. The molecule has 1 aromatic heterocycles. The molecule has 0 aromatic carbocycles. The van der Waals surface area contributed by atoms with Gasteiger partial charge in [0.15, 0.2) is 5.82 Å². The number of nitrogens with zero attached hydrogens (tertiary/aromatic N) is 4. The molecule has 6 nitrogen and oxygen atoms in total. The van der Waals surface area contributed by atoms with Crippen LogP contribution >= 0.6 is 0 Å². The van der Waals surface area contributed by atoms with Gasteiger partial charge in [0, 0.05) is 6.54 Å². The van der Waals surface area contributed by atoms with Crippen LogP contribution in [0.3, 0.4) is 0 Å². The SMILES string of the molecule is CCN(CC)CC1CCN(Cc2noc(CN)n2)CC1. The largest absolute Gasteiger partial charge is 0.338 e. The Morgan fingerprint density at radius 1 is 1.30 bits per heavy atom. The molecule has 1 aromatic rings. The summed E-state index contributed by atoms with van der Waals surface area (Å²) in [5, 5.41) is 3.96. The first-order chi connectivity index (χ1) is 9.75. The van der Waals surface area contributed by atoms with E-state index in [0.717, 1.165) is 44.5 Å². The molecule has 114 valence electrons. The molecule has 0 aliphatic carbocycles. The molecule has 2 rings (SSSR count). The molecule has 0 spiro atoms. The maximum Gasteiger partial charge on any atom is 0.240 e. The predicted octanol–water partition coefficient (Wildman–Crippen LogP) is 1.08. The van der Waals surface area contributed by atoms with Gasteiger partial charge in [0.2, 0.25) is 5.89 Å². The summed E-state index contributed by atoms with van der Waals surface area (Å²) < 4.78 is 5.04. The zero-order chi connectivity index (χ0) is 14.4. The Morgan fingerprint density at radius 3 is 2.55 bits per heavy atom. The van der Waals surface area contributed by atoms with Gasteiger partial charge in [0.05, 0.1) is 13.1 Å². The average Bonchev–Trinajstić information content (AvgIpc) is 2.94. The molecule has 6 heteroatoms. The van der Waals surface area contributed by atoms with E-state index < -0.39 is 0 Å². The lowest BCUT2D eigenvalue weighted by Gasteiger charge is -2.33. The number of piperidine rings is 1. The lowest BCUT2D eigenvalue weighted by molar-refractivity contribution is 0.140. The fourth-order valence-corrected chi connectivity index (χ4v) is 2.81. The fourth-order valence-electron chi connectivity index (χ4n) is 2.81. The van der Waals surface area contributed by atoms with Crippen LogP contribution in [-0.4, -0.2) is 52.7 Å². The Labute approximate surface area is 121 Å². The van der Waals surface area contributed by atoms with Crippen LogP contribution in [0.4, 0.5) is 0 Å². The molecule has 1 aliphatic rings. The molecule has 0 amide bonds. The second-order valence-corrected chi connectivity index (χ2v) is 5.51. The highest BCUT2D eigenvalue weighted by atomic mass is 16.5. The molecule has 2 heterocycles. The zero-order valence-corrected chi connectivity index (χ0v) is 12.7. The summed E-state index contributed by atoms with van der Waals surface area (Å²) in [5.74, 6) is 2.11. The summed E-state index contributed by atoms with van der Waals surface area (Å²) in [4.78, 5) is 9.19. The minimum Gasteiger partial charge on any atom is -0.338 e. The average molecular weight is 281 g/mol. The minimum absolute atomic E-state index is 0.318. The van der Waals surface area contributed by atoms with Crippen molar-refractivity contribution in [3.8, 4) is 0 Å². The van der Waals surface area contributed by atoms with Gasteiger partial charge in [-0.05, 0) is 44.9 Å². The van der Waals surface area contributed by atoms with Gasteiger partial charge in [-0.2, -0.15) is 4.98 Å². The number of rotatable bonds is 7. The van der Waals surface area contributed by atoms with E-state index in [1.165, 1.54) is 19.4 Å². The summed E-state index contributed by atoms with van der Waals surface area (Å²) in [6.45, 7) is 11.4. The molecule has 0 saturated carbocycles. The van der Waals surface area contributed by atoms with Gasteiger partial charge in [-0.3, -0.25) is 4.90 Å². The van der Waals surface area contributed by atoms with Crippen molar-refractivity contribution in [3.63, 3.8) is 0 Å². The van der Waals surface area contributed by atoms with Crippen LogP contribution in [0.5, 0.6) is 0 Å². The lowest BCUT2D eigenvalue weighted by atomic mass is 9.96. The molecule has 1 saturated heterocycles. The second kappa shape index (κ2) is 7.71. The van der Waals surface area contributed by atoms with Crippen molar-refractivity contribution in [2.45, 2.75) is 39.8 Å². The first-order valence-corrected chi connectivity index (χ1v) is 7.71. The van der Waals surface area contributed by atoms with Crippen LogP contribution in [0.25, 0.3) is 0 Å².